The van der Waals surface area contributed by atoms with Crippen LogP contribution in [-0.2, 0) is 16.6 Å². The van der Waals surface area contributed by atoms with Gasteiger partial charge in [-0.15, -0.1) is 0 Å². The SMILES string of the molecule is CC(C)Cc1ccc(C(=O)[C@H]2[C@@H](C(=O)c3ccc(F)cc3)N3C=Cc4ccccc4[C@@H]3[C@]23C(=O)Nc2ccccc23)cc1. The van der Waals surface area contributed by atoms with Crippen LogP contribution in [0, 0.1) is 17.7 Å². The highest BCUT2D eigenvalue weighted by Crippen LogP contribution is 2.62. The first-order valence-electron chi connectivity index (χ1n) is 14.7. The number of hydrogen-bond donors (Lipinski definition) is 1. The van der Waals surface area contributed by atoms with E-state index in [-0.39, 0.29) is 23.0 Å². The molecule has 1 fully saturated rings. The molecule has 0 saturated carbocycles. The molecule has 1 amide bonds. The zero-order chi connectivity index (χ0) is 29.9. The molecule has 3 heterocycles. The zero-order valence-electron chi connectivity index (χ0n) is 24.0. The van der Waals surface area contributed by atoms with Crippen LogP contribution in [0.1, 0.15) is 62.9 Å². The Bertz CT molecular complexity index is 1790. The fourth-order valence-corrected chi connectivity index (χ4v) is 7.41. The molecule has 5 nitrogen and oxygen atoms in total. The summed E-state index contributed by atoms with van der Waals surface area (Å²) in [7, 11) is 0. The molecule has 4 atom stereocenters. The van der Waals surface area contributed by atoms with Gasteiger partial charge in [0.1, 0.15) is 17.3 Å². The lowest BCUT2D eigenvalue weighted by molar-refractivity contribution is -0.122. The zero-order valence-corrected chi connectivity index (χ0v) is 24.0. The van der Waals surface area contributed by atoms with Gasteiger partial charge in [0.15, 0.2) is 11.6 Å². The first-order chi connectivity index (χ1) is 20.8. The van der Waals surface area contributed by atoms with Gasteiger partial charge in [0.2, 0.25) is 5.91 Å². The van der Waals surface area contributed by atoms with Gasteiger partial charge in [-0.05, 0) is 71.0 Å². The summed E-state index contributed by atoms with van der Waals surface area (Å²) in [6.07, 6.45) is 4.64. The summed E-state index contributed by atoms with van der Waals surface area (Å²) in [5.74, 6) is -1.98. The Kier molecular flexibility index (Phi) is 6.38. The Morgan fingerprint density at radius 1 is 0.860 bits per heavy atom. The predicted molar refractivity (Wildman–Crippen MR) is 164 cm³/mol. The van der Waals surface area contributed by atoms with Crippen LogP contribution >= 0.6 is 0 Å². The number of para-hydroxylation sites is 1. The molecule has 0 bridgehead atoms. The molecule has 0 unspecified atom stereocenters. The molecule has 3 aliphatic rings. The Labute approximate surface area is 250 Å². The predicted octanol–water partition coefficient (Wildman–Crippen LogP) is 7.01. The van der Waals surface area contributed by atoms with Crippen molar-refractivity contribution in [3.05, 3.63) is 142 Å². The first-order valence-corrected chi connectivity index (χ1v) is 14.7. The van der Waals surface area contributed by atoms with Crippen molar-refractivity contribution in [1.29, 1.82) is 0 Å². The third kappa shape index (κ3) is 4.08. The molecule has 43 heavy (non-hydrogen) atoms. The van der Waals surface area contributed by atoms with Gasteiger partial charge in [-0.3, -0.25) is 14.4 Å². The van der Waals surface area contributed by atoms with Gasteiger partial charge < -0.3 is 10.2 Å². The maximum absolute atomic E-state index is 14.9. The van der Waals surface area contributed by atoms with E-state index >= 15 is 0 Å². The van der Waals surface area contributed by atoms with Gasteiger partial charge in [0.05, 0.1) is 12.0 Å². The Morgan fingerprint density at radius 3 is 2.26 bits per heavy atom. The smallest absolute Gasteiger partial charge is 0.238 e. The number of carbonyl (C=O) groups is 3. The Balaban J connectivity index is 1.48. The number of nitrogens with zero attached hydrogens (tertiary/aromatic N) is 1. The van der Waals surface area contributed by atoms with Crippen LogP contribution in [0.3, 0.4) is 0 Å². The van der Waals surface area contributed by atoms with Crippen LogP contribution in [0.5, 0.6) is 0 Å². The fourth-order valence-electron chi connectivity index (χ4n) is 7.41. The lowest BCUT2D eigenvalue weighted by Gasteiger charge is -2.38. The third-order valence-electron chi connectivity index (χ3n) is 9.13. The van der Waals surface area contributed by atoms with Crippen molar-refractivity contribution < 1.29 is 18.8 Å². The molecule has 1 N–H and O–H groups in total. The number of ketones is 2. The molecule has 4 aromatic rings. The fraction of sp³-hybridized carbons (Fsp3) is 0.216. The summed E-state index contributed by atoms with van der Waals surface area (Å²) in [4.78, 5) is 45.8. The molecule has 1 saturated heterocycles. The second kappa shape index (κ2) is 10.2. The lowest BCUT2D eigenvalue weighted by Crippen LogP contribution is -2.49. The summed E-state index contributed by atoms with van der Waals surface area (Å²) >= 11 is 0. The van der Waals surface area contributed by atoms with E-state index in [0.717, 1.165) is 23.1 Å². The summed E-state index contributed by atoms with van der Waals surface area (Å²) in [6, 6.07) is 26.6. The second-order valence-corrected chi connectivity index (χ2v) is 12.1. The van der Waals surface area contributed by atoms with Gasteiger partial charge in [0.25, 0.3) is 0 Å². The number of rotatable bonds is 6. The van der Waals surface area contributed by atoms with E-state index in [1.165, 1.54) is 24.3 Å². The number of carbonyl (C=O) groups excluding carboxylic acids is 3. The van der Waals surface area contributed by atoms with Crippen molar-refractivity contribution >= 4 is 29.2 Å². The van der Waals surface area contributed by atoms with Gasteiger partial charge in [-0.25, -0.2) is 4.39 Å². The number of amides is 1. The quantitative estimate of drug-likeness (QED) is 0.254. The average molecular weight is 571 g/mol. The standard InChI is InChI=1S/C37H31FN2O3/c1-22(2)21-23-11-13-25(14-12-23)33(41)31-32(34(42)26-15-17-27(38)18-16-26)40-20-19-24-7-3-4-8-28(24)35(40)37(31)29-9-5-6-10-30(29)39-36(37)43/h3-20,22,31-32,35H,21H2,1-2H3,(H,39,43)/t31-,32+,35-,37-/m1/s1. The van der Waals surface area contributed by atoms with E-state index in [2.05, 4.69) is 19.2 Å². The summed E-state index contributed by atoms with van der Waals surface area (Å²) in [6.45, 7) is 4.29. The molecule has 7 rings (SSSR count). The maximum atomic E-state index is 14.9. The molecule has 4 aromatic carbocycles. The highest BCUT2D eigenvalue weighted by atomic mass is 19.1. The number of nitrogens with one attached hydrogen (secondary N) is 1. The Morgan fingerprint density at radius 2 is 1.51 bits per heavy atom. The minimum Gasteiger partial charge on any atom is -0.358 e. The van der Waals surface area contributed by atoms with Crippen LogP contribution in [0.15, 0.2) is 103 Å². The van der Waals surface area contributed by atoms with Gasteiger partial charge in [0, 0.05) is 23.0 Å². The molecule has 3 aliphatic heterocycles. The Hall–Kier alpha value is -4.84. The normalized spacial score (nSPS) is 23.2. The number of Topliss-reactive ketones (excluding diaryl/α,β-unsaturated/α-hetero) is 2. The number of benzene rings is 4. The van der Waals surface area contributed by atoms with Crippen LogP contribution in [0.2, 0.25) is 0 Å². The molecule has 0 aromatic heterocycles. The lowest BCUT2D eigenvalue weighted by atomic mass is 9.62. The number of hydrogen-bond acceptors (Lipinski definition) is 4. The molecule has 0 radical (unpaired) electrons. The van der Waals surface area contributed by atoms with E-state index in [0.29, 0.717) is 22.7 Å². The topological polar surface area (TPSA) is 66.5 Å². The minimum atomic E-state index is -1.40. The van der Waals surface area contributed by atoms with Crippen LogP contribution < -0.4 is 5.32 Å². The van der Waals surface area contributed by atoms with Crippen molar-refractivity contribution in [3.63, 3.8) is 0 Å². The van der Waals surface area contributed by atoms with Crippen molar-refractivity contribution in [2.75, 3.05) is 5.32 Å². The van der Waals surface area contributed by atoms with Gasteiger partial charge >= 0.3 is 0 Å². The molecule has 1 spiro atoms. The van der Waals surface area contributed by atoms with Crippen LogP contribution in [0.4, 0.5) is 10.1 Å². The first kappa shape index (κ1) is 27.0. The second-order valence-electron chi connectivity index (χ2n) is 12.1. The largest absolute Gasteiger partial charge is 0.358 e. The number of fused-ring (bicyclic) bond motifs is 6. The van der Waals surface area contributed by atoms with Gasteiger partial charge in [-0.2, -0.15) is 0 Å². The molecular formula is C37H31FN2O3. The van der Waals surface area contributed by atoms with E-state index < -0.39 is 29.2 Å². The van der Waals surface area contributed by atoms with E-state index in [4.69, 9.17) is 0 Å². The maximum Gasteiger partial charge on any atom is 0.238 e. The van der Waals surface area contributed by atoms with Crippen molar-refractivity contribution in [2.45, 2.75) is 37.8 Å². The van der Waals surface area contributed by atoms with Crippen molar-refractivity contribution in [2.24, 2.45) is 11.8 Å². The minimum absolute atomic E-state index is 0.274. The van der Waals surface area contributed by atoms with Gasteiger partial charge in [-0.1, -0.05) is 80.6 Å². The van der Waals surface area contributed by atoms with E-state index in [1.54, 1.807) is 0 Å². The van der Waals surface area contributed by atoms with Crippen LogP contribution in [-0.4, -0.2) is 28.4 Å². The molecular weight excluding hydrogens is 539 g/mol. The highest BCUT2D eigenvalue weighted by molar-refractivity contribution is 6.16. The number of halogens is 1. The highest BCUT2D eigenvalue weighted by Gasteiger charge is 2.70. The summed E-state index contributed by atoms with van der Waals surface area (Å²) in [5.41, 5.74) is 3.59. The van der Waals surface area contributed by atoms with Crippen LogP contribution in [0.25, 0.3) is 6.08 Å². The molecule has 0 aliphatic carbocycles. The average Bonchev–Trinajstić information content (AvgIpc) is 3.49. The molecule has 214 valence electrons. The van der Waals surface area contributed by atoms with E-state index in [9.17, 15) is 18.8 Å². The van der Waals surface area contributed by atoms with E-state index in [1.807, 2.05) is 90.0 Å². The molecule has 6 heteroatoms. The summed E-state index contributed by atoms with van der Waals surface area (Å²) < 4.78 is 13.9. The third-order valence-corrected chi connectivity index (χ3v) is 9.13. The monoisotopic (exact) mass is 570 g/mol. The van der Waals surface area contributed by atoms with Crippen molar-refractivity contribution in [3.8, 4) is 0 Å². The number of anilines is 1. The summed E-state index contributed by atoms with van der Waals surface area (Å²) in [5, 5.41) is 3.06. The van der Waals surface area contributed by atoms with Crippen molar-refractivity contribution in [1.82, 2.24) is 4.90 Å².